The molecule has 0 spiro atoms. The molecular weight excluding hydrogens is 384 g/mol. The third-order valence-electron chi connectivity index (χ3n) is 8.91. The highest BCUT2D eigenvalue weighted by atomic mass is 16.5. The molecule has 30 heavy (non-hydrogen) atoms. The summed E-state index contributed by atoms with van der Waals surface area (Å²) in [5.74, 6) is -1.19. The molecule has 2 N–H and O–H groups in total. The molecule has 6 nitrogen and oxygen atoms in total. The van der Waals surface area contributed by atoms with Crippen molar-refractivity contribution >= 4 is 17.5 Å². The zero-order valence-corrected chi connectivity index (χ0v) is 18.2. The SMILES string of the molecule is CC(=O)OCC(=O)[C@@]1(O)[C@H](C)C[C@H]2[C@@H]3CCC4=CC(=O)C=C[C@]4(C)[C@H]3[C@@H](O)C[C@@]21C. The maximum Gasteiger partial charge on any atom is 0.303 e. The summed E-state index contributed by atoms with van der Waals surface area (Å²) in [6.07, 6.45) is 7.15. The Labute approximate surface area is 177 Å². The molecule has 0 heterocycles. The molecule has 3 fully saturated rings. The van der Waals surface area contributed by atoms with Gasteiger partial charge in [-0.15, -0.1) is 0 Å². The molecule has 0 radical (unpaired) electrons. The first kappa shape index (κ1) is 21.4. The first-order valence-corrected chi connectivity index (χ1v) is 11.0. The normalized spacial score (nSPS) is 47.1. The molecular formula is C24H32O6. The predicted octanol–water partition coefficient (Wildman–Crippen LogP) is 2.37. The van der Waals surface area contributed by atoms with Crippen LogP contribution >= 0.6 is 0 Å². The van der Waals surface area contributed by atoms with E-state index in [-0.39, 0.29) is 34.9 Å². The lowest BCUT2D eigenvalue weighted by Gasteiger charge is -2.59. The Morgan fingerprint density at radius 2 is 2.00 bits per heavy atom. The maximum absolute atomic E-state index is 13.1. The number of rotatable bonds is 3. The summed E-state index contributed by atoms with van der Waals surface area (Å²) in [5, 5.41) is 23.1. The molecule has 0 bridgehead atoms. The van der Waals surface area contributed by atoms with Gasteiger partial charge in [-0.2, -0.15) is 0 Å². The van der Waals surface area contributed by atoms with Crippen LogP contribution in [0.3, 0.4) is 0 Å². The predicted molar refractivity (Wildman–Crippen MR) is 109 cm³/mol. The Hall–Kier alpha value is -1.79. The number of carbonyl (C=O) groups excluding carboxylic acids is 3. The largest absolute Gasteiger partial charge is 0.458 e. The Balaban J connectivity index is 1.70. The fraction of sp³-hybridized carbons (Fsp3) is 0.708. The number of carbonyl (C=O) groups is 3. The molecule has 0 aliphatic heterocycles. The third kappa shape index (κ3) is 2.72. The van der Waals surface area contributed by atoms with Crippen LogP contribution < -0.4 is 0 Å². The minimum atomic E-state index is -1.64. The number of ether oxygens (including phenoxy) is 1. The lowest BCUT2D eigenvalue weighted by molar-refractivity contribution is -0.185. The first-order valence-electron chi connectivity index (χ1n) is 11.0. The summed E-state index contributed by atoms with van der Waals surface area (Å²) >= 11 is 0. The molecule has 3 saturated carbocycles. The van der Waals surface area contributed by atoms with Crippen molar-refractivity contribution < 1.29 is 29.3 Å². The molecule has 4 aliphatic carbocycles. The minimum absolute atomic E-state index is 0.00371. The molecule has 4 rings (SSSR count). The quantitative estimate of drug-likeness (QED) is 0.685. The van der Waals surface area contributed by atoms with Crippen molar-refractivity contribution in [2.24, 2.45) is 34.5 Å². The lowest BCUT2D eigenvalue weighted by atomic mass is 9.46. The monoisotopic (exact) mass is 416 g/mol. The van der Waals surface area contributed by atoms with E-state index in [9.17, 15) is 24.6 Å². The lowest BCUT2D eigenvalue weighted by Crippen LogP contribution is -2.62. The van der Waals surface area contributed by atoms with E-state index >= 15 is 0 Å². The van der Waals surface area contributed by atoms with Gasteiger partial charge in [-0.25, -0.2) is 0 Å². The van der Waals surface area contributed by atoms with Crippen LogP contribution in [0, 0.1) is 34.5 Å². The summed E-state index contributed by atoms with van der Waals surface area (Å²) in [6.45, 7) is 6.69. The Morgan fingerprint density at radius 3 is 2.67 bits per heavy atom. The van der Waals surface area contributed by atoms with Gasteiger partial charge < -0.3 is 14.9 Å². The van der Waals surface area contributed by atoms with E-state index in [0.717, 1.165) is 18.4 Å². The van der Waals surface area contributed by atoms with Crippen LogP contribution in [0.25, 0.3) is 0 Å². The maximum atomic E-state index is 13.1. The molecule has 4 aliphatic rings. The number of hydrogen-bond acceptors (Lipinski definition) is 6. The van der Waals surface area contributed by atoms with Gasteiger partial charge >= 0.3 is 5.97 Å². The van der Waals surface area contributed by atoms with Gasteiger partial charge in [0.15, 0.2) is 12.4 Å². The standard InChI is InChI=1S/C24H32O6/c1-13-9-18-17-6-5-15-10-16(26)7-8-22(15,3)21(17)19(27)11-23(18,4)24(13,29)20(28)12-30-14(2)25/h7-8,10,13,17-19,21,27,29H,5-6,9,11-12H2,1-4H3/t13-,17+,18+,19+,21-,22+,23+,24+/m1/s1. The number of fused-ring (bicyclic) bond motifs is 5. The minimum Gasteiger partial charge on any atom is -0.458 e. The Bertz CT molecular complexity index is 858. The van der Waals surface area contributed by atoms with E-state index in [0.29, 0.717) is 12.8 Å². The van der Waals surface area contributed by atoms with Gasteiger partial charge in [0, 0.05) is 23.7 Å². The van der Waals surface area contributed by atoms with E-state index < -0.39 is 35.5 Å². The molecule has 0 saturated heterocycles. The van der Waals surface area contributed by atoms with Crippen molar-refractivity contribution in [1.82, 2.24) is 0 Å². The highest BCUT2D eigenvalue weighted by Crippen LogP contribution is 2.68. The number of esters is 1. The van der Waals surface area contributed by atoms with Crippen molar-refractivity contribution in [3.05, 3.63) is 23.8 Å². The van der Waals surface area contributed by atoms with Gasteiger partial charge in [0.25, 0.3) is 0 Å². The number of allylic oxidation sites excluding steroid dienone is 4. The van der Waals surface area contributed by atoms with Crippen molar-refractivity contribution in [2.75, 3.05) is 6.61 Å². The van der Waals surface area contributed by atoms with Gasteiger partial charge in [0.1, 0.15) is 5.60 Å². The van der Waals surface area contributed by atoms with Gasteiger partial charge in [-0.3, -0.25) is 14.4 Å². The average Bonchev–Trinajstić information content (AvgIpc) is 2.87. The van der Waals surface area contributed by atoms with Gasteiger partial charge in [-0.1, -0.05) is 32.4 Å². The molecule has 0 aromatic carbocycles. The van der Waals surface area contributed by atoms with Crippen LogP contribution in [0.2, 0.25) is 0 Å². The van der Waals surface area contributed by atoms with E-state index in [4.69, 9.17) is 4.74 Å². The second-order valence-electron chi connectivity index (χ2n) is 10.3. The van der Waals surface area contributed by atoms with E-state index in [1.54, 1.807) is 12.2 Å². The number of aliphatic hydroxyl groups is 2. The molecule has 8 atom stereocenters. The summed E-state index contributed by atoms with van der Waals surface area (Å²) in [6, 6.07) is 0. The third-order valence-corrected chi connectivity index (χ3v) is 8.91. The molecule has 0 aromatic rings. The topological polar surface area (TPSA) is 101 Å². The summed E-state index contributed by atoms with van der Waals surface area (Å²) in [4.78, 5) is 36.2. The van der Waals surface area contributed by atoms with Crippen molar-refractivity contribution in [1.29, 1.82) is 0 Å². The Kier molecular flexibility index (Phi) is 4.90. The second kappa shape index (κ2) is 6.86. The molecule has 0 unspecified atom stereocenters. The van der Waals surface area contributed by atoms with Crippen LogP contribution in [-0.4, -0.2) is 46.1 Å². The summed E-state index contributed by atoms with van der Waals surface area (Å²) in [7, 11) is 0. The van der Waals surface area contributed by atoms with Crippen LogP contribution in [-0.2, 0) is 19.1 Å². The molecule has 0 aromatic heterocycles. The molecule has 6 heteroatoms. The summed E-state index contributed by atoms with van der Waals surface area (Å²) in [5.41, 5.74) is -1.75. The Morgan fingerprint density at radius 1 is 1.30 bits per heavy atom. The number of aliphatic hydroxyl groups excluding tert-OH is 1. The zero-order valence-electron chi connectivity index (χ0n) is 18.2. The zero-order chi connectivity index (χ0) is 22.1. The number of Topliss-reactive ketones (excluding diaryl/α,β-unsaturated/α-hetero) is 1. The average molecular weight is 417 g/mol. The van der Waals surface area contributed by atoms with Crippen molar-refractivity contribution in [2.45, 2.75) is 65.1 Å². The van der Waals surface area contributed by atoms with E-state index in [1.807, 2.05) is 19.9 Å². The number of ketones is 2. The second-order valence-corrected chi connectivity index (χ2v) is 10.3. The molecule has 164 valence electrons. The smallest absolute Gasteiger partial charge is 0.303 e. The first-order chi connectivity index (χ1) is 13.9. The van der Waals surface area contributed by atoms with Crippen LogP contribution in [0.1, 0.15) is 53.4 Å². The highest BCUT2D eigenvalue weighted by molar-refractivity contribution is 6.01. The van der Waals surface area contributed by atoms with Crippen LogP contribution in [0.15, 0.2) is 23.8 Å². The van der Waals surface area contributed by atoms with E-state index in [1.165, 1.54) is 6.92 Å². The molecule has 0 amide bonds. The van der Waals surface area contributed by atoms with Gasteiger partial charge in [0.2, 0.25) is 5.78 Å². The fourth-order valence-electron chi connectivity index (χ4n) is 7.53. The van der Waals surface area contributed by atoms with Crippen molar-refractivity contribution in [3.63, 3.8) is 0 Å². The summed E-state index contributed by atoms with van der Waals surface area (Å²) < 4.78 is 4.93. The fourth-order valence-corrected chi connectivity index (χ4v) is 7.53. The van der Waals surface area contributed by atoms with Gasteiger partial charge in [0.05, 0.1) is 6.10 Å². The van der Waals surface area contributed by atoms with Crippen LogP contribution in [0.5, 0.6) is 0 Å². The van der Waals surface area contributed by atoms with Gasteiger partial charge in [-0.05, 0) is 55.6 Å². The van der Waals surface area contributed by atoms with E-state index in [2.05, 4.69) is 6.92 Å². The van der Waals surface area contributed by atoms with Crippen molar-refractivity contribution in [3.8, 4) is 0 Å². The highest BCUT2D eigenvalue weighted by Gasteiger charge is 2.70. The number of hydrogen-bond donors (Lipinski definition) is 2. The van der Waals surface area contributed by atoms with Crippen LogP contribution in [0.4, 0.5) is 0 Å².